The summed E-state index contributed by atoms with van der Waals surface area (Å²) in [5, 5.41) is 17.9. The summed E-state index contributed by atoms with van der Waals surface area (Å²) >= 11 is -0.563. The van der Waals surface area contributed by atoms with Gasteiger partial charge in [-0.2, -0.15) is 26.3 Å². The first kappa shape index (κ1) is 44.4. The summed E-state index contributed by atoms with van der Waals surface area (Å²) in [6.45, 7) is 21.7. The summed E-state index contributed by atoms with van der Waals surface area (Å²) in [6.07, 6.45) is -10.3. The molecule has 3 aromatic rings. The Morgan fingerprint density at radius 1 is 0.633 bits per heavy atom. The number of hydrogen-bond donors (Lipinski definition) is 2. The van der Waals surface area contributed by atoms with Gasteiger partial charge in [0, 0.05) is 0 Å². The van der Waals surface area contributed by atoms with Crippen LogP contribution < -0.4 is 0 Å². The second kappa shape index (κ2) is 18.6. The van der Waals surface area contributed by atoms with E-state index in [1.807, 2.05) is 18.2 Å². The van der Waals surface area contributed by atoms with E-state index in [0.717, 1.165) is 17.5 Å². The molecule has 3 aromatic carbocycles. The molecule has 1 atom stereocenters. The van der Waals surface area contributed by atoms with Gasteiger partial charge < -0.3 is 10.2 Å². The predicted molar refractivity (Wildman–Crippen MR) is 186 cm³/mol. The molecule has 0 aliphatic rings. The Hall–Kier alpha value is -2.64. The van der Waals surface area contributed by atoms with Gasteiger partial charge >= 0.3 is 174 Å². The van der Waals surface area contributed by atoms with Crippen molar-refractivity contribution in [2.45, 2.75) is 130 Å². The SMILES string of the molecule is CC(C)c1cccc(C(C)C)c1O.CC(O)(C(F)(F)F)C(F)(F)F.CCC(C)([CH]=[Mo]=[N]c1c(C(C)C)cccc1C(C)C)c1ccccc1. The van der Waals surface area contributed by atoms with Gasteiger partial charge in [0.25, 0.3) is 5.60 Å². The van der Waals surface area contributed by atoms with Gasteiger partial charge in [-0.05, 0) is 29.9 Å². The minimum absolute atomic E-state index is 0.123. The third-order valence-corrected chi connectivity index (χ3v) is 10.7. The number of phenolic OH excluding ortho intramolecular Hbond substituents is 1. The van der Waals surface area contributed by atoms with Gasteiger partial charge in [-0.1, -0.05) is 45.9 Å². The molecule has 0 heterocycles. The molecule has 0 aromatic heterocycles. The Morgan fingerprint density at radius 3 is 1.31 bits per heavy atom. The molecule has 0 aliphatic heterocycles. The molecule has 0 saturated carbocycles. The molecule has 0 fully saturated rings. The Labute approximate surface area is 297 Å². The average molecular weight is 778 g/mol. The Bertz CT molecular complexity index is 1450. The van der Waals surface area contributed by atoms with Crippen molar-refractivity contribution in [1.29, 1.82) is 0 Å². The number of para-hydroxylation sites is 1. The van der Waals surface area contributed by atoms with Crippen molar-refractivity contribution in [2.24, 2.45) is 3.50 Å². The molecule has 49 heavy (non-hydrogen) atoms. The van der Waals surface area contributed by atoms with Crippen LogP contribution in [0.2, 0.25) is 0 Å². The maximum atomic E-state index is 11.4. The van der Waals surface area contributed by atoms with Crippen molar-refractivity contribution in [2.75, 3.05) is 0 Å². The molecule has 10 heteroatoms. The van der Waals surface area contributed by atoms with E-state index in [-0.39, 0.29) is 12.3 Å². The number of benzene rings is 3. The number of nitrogens with zero attached hydrogens (tertiary/aromatic N) is 1. The number of phenols is 1. The van der Waals surface area contributed by atoms with Crippen LogP contribution in [-0.2, 0) is 23.3 Å². The number of hydrogen-bond acceptors (Lipinski definition) is 3. The molecule has 274 valence electrons. The van der Waals surface area contributed by atoms with Crippen LogP contribution >= 0.6 is 0 Å². The summed E-state index contributed by atoms with van der Waals surface area (Å²) in [6, 6.07) is 23.5. The quantitative estimate of drug-likeness (QED) is 0.177. The Balaban J connectivity index is 0.000000418. The molecule has 3 rings (SSSR count). The number of alkyl halides is 6. The minimum atomic E-state index is -5.69. The molecule has 3 nitrogen and oxygen atoms in total. The summed E-state index contributed by atoms with van der Waals surface area (Å²) in [7, 11) is 0. The number of aliphatic hydroxyl groups is 1. The third-order valence-electron chi connectivity index (χ3n) is 8.41. The Morgan fingerprint density at radius 2 is 1.00 bits per heavy atom. The Kier molecular flexibility index (Phi) is 16.8. The molecule has 0 radical (unpaired) electrons. The second-order valence-corrected chi connectivity index (χ2v) is 15.3. The fourth-order valence-corrected chi connectivity index (χ4v) is 6.88. The van der Waals surface area contributed by atoms with Crippen LogP contribution in [0.25, 0.3) is 0 Å². The van der Waals surface area contributed by atoms with E-state index in [4.69, 9.17) is 8.60 Å². The molecule has 2 N–H and O–H groups in total. The zero-order chi connectivity index (χ0) is 38.0. The van der Waals surface area contributed by atoms with Crippen molar-refractivity contribution >= 4 is 10.1 Å². The first-order chi connectivity index (χ1) is 22.4. The monoisotopic (exact) mass is 779 g/mol. The van der Waals surface area contributed by atoms with Gasteiger partial charge in [0.2, 0.25) is 0 Å². The maximum absolute atomic E-state index is 11.4. The van der Waals surface area contributed by atoms with Crippen molar-refractivity contribution in [3.63, 3.8) is 0 Å². The van der Waals surface area contributed by atoms with E-state index in [1.54, 1.807) is 0 Å². The van der Waals surface area contributed by atoms with Crippen molar-refractivity contribution in [3.8, 4) is 5.75 Å². The number of aromatic hydroxyl groups is 1. The molecule has 0 aliphatic carbocycles. The molecular formula is C39H53F6MoNO2. The van der Waals surface area contributed by atoms with E-state index >= 15 is 0 Å². The topological polar surface area (TPSA) is 52.8 Å². The first-order valence-corrected chi connectivity index (χ1v) is 18.6. The zero-order valence-corrected chi connectivity index (χ0v) is 32.5. The van der Waals surface area contributed by atoms with Crippen LogP contribution in [0.1, 0.15) is 134 Å². The van der Waals surface area contributed by atoms with Crippen LogP contribution in [0, 0.1) is 0 Å². The van der Waals surface area contributed by atoms with Crippen LogP contribution in [0.4, 0.5) is 32.0 Å². The first-order valence-electron chi connectivity index (χ1n) is 16.5. The summed E-state index contributed by atoms with van der Waals surface area (Å²) < 4.78 is 75.8. The van der Waals surface area contributed by atoms with Gasteiger partial charge in [0.15, 0.2) is 0 Å². The van der Waals surface area contributed by atoms with Gasteiger partial charge in [0.05, 0.1) is 0 Å². The fraction of sp³-hybridized carbons (Fsp3) is 0.513. The molecule has 0 saturated heterocycles. The van der Waals surface area contributed by atoms with E-state index < -0.39 is 35.9 Å². The zero-order valence-electron chi connectivity index (χ0n) is 30.5. The molecular weight excluding hydrogens is 724 g/mol. The predicted octanol–water partition coefficient (Wildman–Crippen LogP) is 12.5. The van der Waals surface area contributed by atoms with Crippen LogP contribution in [0.3, 0.4) is 0 Å². The number of rotatable bonds is 8. The van der Waals surface area contributed by atoms with E-state index in [9.17, 15) is 31.4 Å². The molecule has 0 spiro atoms. The van der Waals surface area contributed by atoms with E-state index in [1.165, 1.54) is 22.4 Å². The normalized spacial score (nSPS) is 13.3. The van der Waals surface area contributed by atoms with Gasteiger partial charge in [-0.3, -0.25) is 0 Å². The molecule has 0 bridgehead atoms. The second-order valence-electron chi connectivity index (χ2n) is 13.7. The van der Waals surface area contributed by atoms with Gasteiger partial charge in [0.1, 0.15) is 5.75 Å². The average Bonchev–Trinajstić information content (AvgIpc) is 3.00. The van der Waals surface area contributed by atoms with E-state index in [2.05, 4.69) is 122 Å². The molecule has 1 unspecified atom stereocenters. The van der Waals surface area contributed by atoms with Crippen LogP contribution in [-0.4, -0.2) is 32.6 Å². The van der Waals surface area contributed by atoms with Crippen LogP contribution in [0.15, 0.2) is 70.2 Å². The standard InChI is InChI=1S/C12H17N.C12H18O.C11H14.C4H4F6O.Mo/c2*1-8(2)10-6-5-7-11(9(3)4)12(10)13;1-4-11(2,3)10-8-6-5-7-9-10;1-2(11,3(5,6)7)4(8,9)10;/h5-9H,1-4H3;5-9,13H,1-4H3;2,5-9H,4H2,1,3H3;11H,1H3;. The molecule has 0 amide bonds. The van der Waals surface area contributed by atoms with Crippen molar-refractivity contribution < 1.29 is 54.5 Å². The fourth-order valence-electron chi connectivity index (χ4n) is 4.66. The summed E-state index contributed by atoms with van der Waals surface area (Å²) in [5.41, 5.74) is 3.04. The van der Waals surface area contributed by atoms with Gasteiger partial charge in [-0.25, -0.2) is 0 Å². The van der Waals surface area contributed by atoms with Crippen molar-refractivity contribution in [1.82, 2.24) is 0 Å². The van der Waals surface area contributed by atoms with Crippen molar-refractivity contribution in [3.05, 3.63) is 94.5 Å². The van der Waals surface area contributed by atoms with Gasteiger partial charge in [-0.15, -0.1) is 0 Å². The third kappa shape index (κ3) is 12.3. The summed E-state index contributed by atoms with van der Waals surface area (Å²) in [4.78, 5) is 0. The van der Waals surface area contributed by atoms with E-state index in [0.29, 0.717) is 29.4 Å². The number of halogens is 6. The van der Waals surface area contributed by atoms with Crippen LogP contribution in [0.5, 0.6) is 5.75 Å². The summed E-state index contributed by atoms with van der Waals surface area (Å²) in [5.74, 6) is 2.28.